The Hall–Kier alpha value is -2.68. The van der Waals surface area contributed by atoms with Crippen molar-refractivity contribution in [1.29, 1.82) is 5.26 Å². The minimum Gasteiger partial charge on any atom is -0.398 e. The number of nitriles is 1. The largest absolute Gasteiger partial charge is 0.417 e. The molecule has 2 rings (SSSR count). The molecule has 0 unspecified atom stereocenters. The fourth-order valence-corrected chi connectivity index (χ4v) is 1.90. The molecule has 0 amide bonds. The first-order valence-corrected chi connectivity index (χ1v) is 6.06. The van der Waals surface area contributed by atoms with E-state index in [4.69, 9.17) is 11.0 Å². The fraction of sp³-hybridized carbons (Fsp3) is 0.133. The number of nitrogens with two attached hydrogens (primary N) is 1. The Labute approximate surface area is 119 Å². The molecule has 0 aliphatic carbocycles. The summed E-state index contributed by atoms with van der Waals surface area (Å²) in [6.45, 7) is 1.77. The summed E-state index contributed by atoms with van der Waals surface area (Å²) in [5, 5.41) is 11.6. The van der Waals surface area contributed by atoms with Gasteiger partial charge in [-0.25, -0.2) is 0 Å². The number of nitrogens with zero attached hydrogens (tertiary/aromatic N) is 1. The van der Waals surface area contributed by atoms with Gasteiger partial charge in [0.2, 0.25) is 0 Å². The molecule has 6 heteroatoms. The lowest BCUT2D eigenvalue weighted by atomic mass is 10.1. The monoisotopic (exact) mass is 291 g/mol. The van der Waals surface area contributed by atoms with Crippen LogP contribution in [0.5, 0.6) is 0 Å². The van der Waals surface area contributed by atoms with Gasteiger partial charge < -0.3 is 11.1 Å². The Balaban J connectivity index is 2.43. The SMILES string of the molecule is Cc1c(N)cccc1Nc1ccc(C#N)c(C(F)(F)F)c1. The molecule has 0 aromatic heterocycles. The number of hydrogen-bond acceptors (Lipinski definition) is 3. The van der Waals surface area contributed by atoms with E-state index >= 15 is 0 Å². The first-order valence-electron chi connectivity index (χ1n) is 6.06. The maximum atomic E-state index is 12.9. The van der Waals surface area contributed by atoms with E-state index < -0.39 is 17.3 Å². The first kappa shape index (κ1) is 14.7. The minimum absolute atomic E-state index is 0.245. The highest BCUT2D eigenvalue weighted by molar-refractivity contribution is 5.70. The van der Waals surface area contributed by atoms with Gasteiger partial charge in [-0.05, 0) is 42.8 Å². The molecule has 0 saturated heterocycles. The number of alkyl halides is 3. The summed E-state index contributed by atoms with van der Waals surface area (Å²) >= 11 is 0. The van der Waals surface area contributed by atoms with Gasteiger partial charge in [-0.15, -0.1) is 0 Å². The standard InChI is InChI=1S/C15H12F3N3/c1-9-13(20)3-2-4-14(9)21-11-6-5-10(8-19)12(7-11)15(16,17)18/h2-7,21H,20H2,1H3. The fourth-order valence-electron chi connectivity index (χ4n) is 1.90. The maximum absolute atomic E-state index is 12.9. The molecular formula is C15H12F3N3. The van der Waals surface area contributed by atoms with Gasteiger partial charge in [0.1, 0.15) is 0 Å². The van der Waals surface area contributed by atoms with Crippen molar-refractivity contribution in [1.82, 2.24) is 0 Å². The third-order valence-electron chi connectivity index (χ3n) is 3.10. The van der Waals surface area contributed by atoms with Crippen molar-refractivity contribution in [2.75, 3.05) is 11.1 Å². The van der Waals surface area contributed by atoms with E-state index in [2.05, 4.69) is 5.32 Å². The summed E-state index contributed by atoms with van der Waals surface area (Å²) in [7, 11) is 0. The molecule has 0 heterocycles. The Morgan fingerprint density at radius 2 is 1.90 bits per heavy atom. The Morgan fingerprint density at radius 3 is 2.52 bits per heavy atom. The van der Waals surface area contributed by atoms with Gasteiger partial charge in [-0.2, -0.15) is 18.4 Å². The van der Waals surface area contributed by atoms with Gasteiger partial charge in [-0.3, -0.25) is 0 Å². The van der Waals surface area contributed by atoms with E-state index in [9.17, 15) is 13.2 Å². The number of nitrogen functional groups attached to an aromatic ring is 1. The van der Waals surface area contributed by atoms with Crippen LogP contribution in [0.3, 0.4) is 0 Å². The summed E-state index contributed by atoms with van der Waals surface area (Å²) in [5.41, 5.74) is 6.54. The molecule has 0 bridgehead atoms. The molecule has 3 N–H and O–H groups in total. The molecule has 0 fully saturated rings. The van der Waals surface area contributed by atoms with Crippen LogP contribution in [0.1, 0.15) is 16.7 Å². The molecule has 2 aromatic rings. The van der Waals surface area contributed by atoms with Crippen molar-refractivity contribution >= 4 is 17.1 Å². The van der Waals surface area contributed by atoms with Crippen LogP contribution in [-0.4, -0.2) is 0 Å². The smallest absolute Gasteiger partial charge is 0.398 e. The Bertz CT molecular complexity index is 715. The van der Waals surface area contributed by atoms with Crippen LogP contribution in [0.25, 0.3) is 0 Å². The first-order chi connectivity index (χ1) is 9.82. The lowest BCUT2D eigenvalue weighted by molar-refractivity contribution is -0.137. The third-order valence-corrected chi connectivity index (χ3v) is 3.10. The lowest BCUT2D eigenvalue weighted by Gasteiger charge is -2.14. The molecule has 0 spiro atoms. The lowest BCUT2D eigenvalue weighted by Crippen LogP contribution is -2.08. The summed E-state index contributed by atoms with van der Waals surface area (Å²) in [5.74, 6) is 0. The molecular weight excluding hydrogens is 279 g/mol. The average Bonchev–Trinajstić information content (AvgIpc) is 2.43. The van der Waals surface area contributed by atoms with E-state index in [1.54, 1.807) is 31.2 Å². The molecule has 0 aliphatic heterocycles. The highest BCUT2D eigenvalue weighted by Gasteiger charge is 2.33. The molecule has 108 valence electrons. The second kappa shape index (κ2) is 5.37. The topological polar surface area (TPSA) is 61.8 Å². The van der Waals surface area contributed by atoms with E-state index in [1.165, 1.54) is 6.07 Å². The minimum atomic E-state index is -4.58. The van der Waals surface area contributed by atoms with E-state index in [1.807, 2.05) is 0 Å². The van der Waals surface area contributed by atoms with E-state index in [-0.39, 0.29) is 5.69 Å². The number of halogens is 3. The van der Waals surface area contributed by atoms with Crippen LogP contribution in [0, 0.1) is 18.3 Å². The molecule has 0 aliphatic rings. The molecule has 0 atom stereocenters. The van der Waals surface area contributed by atoms with Gasteiger partial charge in [0.05, 0.1) is 17.2 Å². The predicted octanol–water partition coefficient (Wildman–Crippen LogP) is 4.21. The average molecular weight is 291 g/mol. The van der Waals surface area contributed by atoms with Crippen molar-refractivity contribution in [3.05, 3.63) is 53.1 Å². The highest BCUT2D eigenvalue weighted by Crippen LogP contribution is 2.34. The zero-order chi connectivity index (χ0) is 15.6. The quantitative estimate of drug-likeness (QED) is 0.815. The highest BCUT2D eigenvalue weighted by atomic mass is 19.4. The number of anilines is 3. The van der Waals surface area contributed by atoms with Crippen LogP contribution in [0.4, 0.5) is 30.2 Å². The molecule has 21 heavy (non-hydrogen) atoms. The number of nitrogens with one attached hydrogen (secondary N) is 1. The van der Waals surface area contributed by atoms with Gasteiger partial charge in [-0.1, -0.05) is 6.07 Å². The summed E-state index contributed by atoms with van der Waals surface area (Å²) < 4.78 is 38.7. The van der Waals surface area contributed by atoms with Gasteiger partial charge in [0.15, 0.2) is 0 Å². The van der Waals surface area contributed by atoms with Gasteiger partial charge in [0.25, 0.3) is 0 Å². The van der Waals surface area contributed by atoms with Crippen LogP contribution >= 0.6 is 0 Å². The number of rotatable bonds is 2. The Kier molecular flexibility index (Phi) is 3.76. The van der Waals surface area contributed by atoms with Crippen LogP contribution in [0.2, 0.25) is 0 Å². The third kappa shape index (κ3) is 3.08. The molecule has 2 aromatic carbocycles. The van der Waals surface area contributed by atoms with Crippen molar-refractivity contribution < 1.29 is 13.2 Å². The molecule has 3 nitrogen and oxygen atoms in total. The zero-order valence-corrected chi connectivity index (χ0v) is 11.1. The summed E-state index contributed by atoms with van der Waals surface area (Å²) in [6, 6.07) is 10.2. The zero-order valence-electron chi connectivity index (χ0n) is 11.1. The van der Waals surface area contributed by atoms with Crippen molar-refractivity contribution in [2.24, 2.45) is 0 Å². The Morgan fingerprint density at radius 1 is 1.19 bits per heavy atom. The van der Waals surface area contributed by atoms with Crippen LogP contribution in [-0.2, 0) is 6.18 Å². The normalized spacial score (nSPS) is 11.0. The maximum Gasteiger partial charge on any atom is 0.417 e. The molecule has 0 radical (unpaired) electrons. The molecule has 0 saturated carbocycles. The second-order valence-electron chi connectivity index (χ2n) is 4.51. The second-order valence-corrected chi connectivity index (χ2v) is 4.51. The van der Waals surface area contributed by atoms with Crippen molar-refractivity contribution in [2.45, 2.75) is 13.1 Å². The van der Waals surface area contributed by atoms with Crippen molar-refractivity contribution in [3.63, 3.8) is 0 Å². The predicted molar refractivity (Wildman–Crippen MR) is 75.0 cm³/mol. The van der Waals surface area contributed by atoms with Crippen LogP contribution < -0.4 is 11.1 Å². The summed E-state index contributed by atoms with van der Waals surface area (Å²) in [4.78, 5) is 0. The van der Waals surface area contributed by atoms with Gasteiger partial charge >= 0.3 is 6.18 Å². The van der Waals surface area contributed by atoms with E-state index in [0.717, 1.165) is 17.7 Å². The van der Waals surface area contributed by atoms with Gasteiger partial charge in [0, 0.05) is 17.1 Å². The number of benzene rings is 2. The van der Waals surface area contributed by atoms with Crippen molar-refractivity contribution in [3.8, 4) is 6.07 Å². The summed E-state index contributed by atoms with van der Waals surface area (Å²) in [6.07, 6.45) is -4.58. The van der Waals surface area contributed by atoms with Crippen LogP contribution in [0.15, 0.2) is 36.4 Å². The van der Waals surface area contributed by atoms with E-state index in [0.29, 0.717) is 11.4 Å². The number of hydrogen-bond donors (Lipinski definition) is 2.